The molecule has 2 heterocycles. The Kier molecular flexibility index (Phi) is 5.47. The van der Waals surface area contributed by atoms with Gasteiger partial charge in [-0.25, -0.2) is 9.97 Å². The highest BCUT2D eigenvalue weighted by molar-refractivity contribution is 5.96. The van der Waals surface area contributed by atoms with Crippen molar-refractivity contribution < 1.29 is 9.59 Å². The van der Waals surface area contributed by atoms with Crippen LogP contribution >= 0.6 is 0 Å². The zero-order chi connectivity index (χ0) is 17.7. The number of carbonyl (C=O) groups excluding carboxylic acids is 2. The van der Waals surface area contributed by atoms with Gasteiger partial charge in [-0.15, -0.1) is 0 Å². The molecule has 1 aliphatic rings. The number of amides is 2. The minimum absolute atomic E-state index is 0.0321. The van der Waals surface area contributed by atoms with E-state index in [0.717, 1.165) is 24.2 Å². The molecule has 0 radical (unpaired) electrons. The highest BCUT2D eigenvalue weighted by Crippen LogP contribution is 2.30. The molecule has 0 saturated heterocycles. The van der Waals surface area contributed by atoms with Crippen LogP contribution in [0.5, 0.6) is 0 Å². The summed E-state index contributed by atoms with van der Waals surface area (Å²) in [6.45, 7) is 4.39. The average molecular weight is 327 g/mol. The lowest BCUT2D eigenvalue weighted by Crippen LogP contribution is -2.37. The molecule has 7 nitrogen and oxygen atoms in total. The van der Waals surface area contributed by atoms with E-state index >= 15 is 0 Å². The molecule has 126 valence electrons. The molecule has 0 fully saturated rings. The van der Waals surface area contributed by atoms with Crippen LogP contribution in [-0.4, -0.2) is 28.3 Å². The first-order valence-electron chi connectivity index (χ1n) is 7.61. The van der Waals surface area contributed by atoms with Crippen molar-refractivity contribution in [2.24, 2.45) is 11.7 Å². The Bertz CT molecular complexity index is 733. The Labute approximate surface area is 140 Å². The Balaban J connectivity index is 0.000000249. The zero-order valence-corrected chi connectivity index (χ0v) is 13.8. The van der Waals surface area contributed by atoms with Gasteiger partial charge in [0.1, 0.15) is 0 Å². The van der Waals surface area contributed by atoms with Crippen LogP contribution in [0.1, 0.15) is 29.8 Å². The number of rotatable bonds is 1. The highest BCUT2D eigenvalue weighted by atomic mass is 16.2. The Morgan fingerprint density at radius 2 is 1.92 bits per heavy atom. The summed E-state index contributed by atoms with van der Waals surface area (Å²) in [4.78, 5) is 31.7. The SMILES string of the molecule is CC(=O)N1C[C@H](C)Cc2cc(C(N)=O)ccc21.Nc1ncccn1. The quantitative estimate of drug-likeness (QED) is 0.821. The van der Waals surface area contributed by atoms with Gasteiger partial charge in [0.2, 0.25) is 17.8 Å². The standard InChI is InChI=1S/C13H16N2O2.C4H5N3/c1-8-5-11-6-10(13(14)17)3-4-12(11)15(7-8)9(2)16;5-4-6-2-1-3-7-4/h3-4,6,8H,5,7H2,1-2H3,(H2,14,17);1-3H,(H2,5,6,7)/t8-;/m1./s1. The molecule has 1 aliphatic heterocycles. The summed E-state index contributed by atoms with van der Waals surface area (Å²) in [7, 11) is 0. The molecule has 1 aromatic heterocycles. The maximum atomic E-state index is 11.6. The summed E-state index contributed by atoms with van der Waals surface area (Å²) in [5, 5.41) is 0. The molecule has 24 heavy (non-hydrogen) atoms. The van der Waals surface area contributed by atoms with Crippen molar-refractivity contribution in [1.29, 1.82) is 0 Å². The number of nitrogens with zero attached hydrogens (tertiary/aromatic N) is 3. The van der Waals surface area contributed by atoms with Crippen LogP contribution in [0.15, 0.2) is 36.7 Å². The largest absolute Gasteiger partial charge is 0.368 e. The fourth-order valence-corrected chi connectivity index (χ4v) is 2.62. The van der Waals surface area contributed by atoms with E-state index in [-0.39, 0.29) is 5.91 Å². The molecule has 0 saturated carbocycles. The van der Waals surface area contributed by atoms with Crippen molar-refractivity contribution in [3.05, 3.63) is 47.8 Å². The van der Waals surface area contributed by atoms with E-state index in [1.807, 2.05) is 6.07 Å². The second kappa shape index (κ2) is 7.54. The lowest BCUT2D eigenvalue weighted by molar-refractivity contribution is -0.116. The van der Waals surface area contributed by atoms with Gasteiger partial charge in [0.05, 0.1) is 0 Å². The van der Waals surface area contributed by atoms with Crippen molar-refractivity contribution in [3.8, 4) is 0 Å². The van der Waals surface area contributed by atoms with Crippen LogP contribution in [0.3, 0.4) is 0 Å². The number of carbonyl (C=O) groups is 2. The van der Waals surface area contributed by atoms with Crippen molar-refractivity contribution in [2.45, 2.75) is 20.3 Å². The van der Waals surface area contributed by atoms with Crippen molar-refractivity contribution in [2.75, 3.05) is 17.2 Å². The number of fused-ring (bicyclic) bond motifs is 1. The van der Waals surface area contributed by atoms with Gasteiger partial charge in [-0.3, -0.25) is 9.59 Å². The first-order chi connectivity index (χ1) is 11.4. The number of primary amides is 1. The third kappa shape index (κ3) is 4.28. The average Bonchev–Trinajstić information content (AvgIpc) is 2.54. The third-order valence-electron chi connectivity index (χ3n) is 3.68. The molecule has 0 spiro atoms. The molecule has 2 aromatic rings. The van der Waals surface area contributed by atoms with Gasteiger partial charge in [-0.2, -0.15) is 0 Å². The van der Waals surface area contributed by atoms with Crippen LogP contribution < -0.4 is 16.4 Å². The van der Waals surface area contributed by atoms with Gasteiger partial charge < -0.3 is 16.4 Å². The molecule has 0 unspecified atom stereocenters. The summed E-state index contributed by atoms with van der Waals surface area (Å²) in [6, 6.07) is 7.00. The lowest BCUT2D eigenvalue weighted by Gasteiger charge is -2.32. The second-order valence-corrected chi connectivity index (χ2v) is 5.75. The van der Waals surface area contributed by atoms with Gasteiger partial charge in [0.25, 0.3) is 0 Å². The van der Waals surface area contributed by atoms with Crippen LogP contribution in [-0.2, 0) is 11.2 Å². The molecule has 3 rings (SSSR count). The summed E-state index contributed by atoms with van der Waals surface area (Å²) >= 11 is 0. The van der Waals surface area contributed by atoms with Crippen molar-refractivity contribution in [3.63, 3.8) is 0 Å². The van der Waals surface area contributed by atoms with Gasteiger partial charge in [-0.05, 0) is 42.2 Å². The van der Waals surface area contributed by atoms with Crippen LogP contribution in [0.2, 0.25) is 0 Å². The number of aromatic nitrogens is 2. The van der Waals surface area contributed by atoms with Gasteiger partial charge >= 0.3 is 0 Å². The van der Waals surface area contributed by atoms with Gasteiger partial charge in [0.15, 0.2) is 0 Å². The lowest BCUT2D eigenvalue weighted by atomic mass is 9.92. The zero-order valence-electron chi connectivity index (χ0n) is 13.8. The van der Waals surface area contributed by atoms with Crippen LogP contribution in [0, 0.1) is 5.92 Å². The summed E-state index contributed by atoms with van der Waals surface area (Å²) in [6.07, 6.45) is 4.07. The maximum Gasteiger partial charge on any atom is 0.248 e. The smallest absolute Gasteiger partial charge is 0.248 e. The topological polar surface area (TPSA) is 115 Å². The number of hydrogen-bond acceptors (Lipinski definition) is 5. The number of nitrogen functional groups attached to an aromatic ring is 1. The van der Waals surface area contributed by atoms with Gasteiger partial charge in [0, 0.05) is 37.1 Å². The highest BCUT2D eigenvalue weighted by Gasteiger charge is 2.24. The predicted octanol–water partition coefficient (Wildman–Crippen LogP) is 1.39. The summed E-state index contributed by atoms with van der Waals surface area (Å²) in [5.74, 6) is 0.321. The van der Waals surface area contributed by atoms with Crippen LogP contribution in [0.25, 0.3) is 0 Å². The van der Waals surface area contributed by atoms with E-state index in [4.69, 9.17) is 11.5 Å². The summed E-state index contributed by atoms with van der Waals surface area (Å²) < 4.78 is 0. The predicted molar refractivity (Wildman–Crippen MR) is 92.3 cm³/mol. The van der Waals surface area contributed by atoms with E-state index in [9.17, 15) is 9.59 Å². The minimum atomic E-state index is -0.430. The fourth-order valence-electron chi connectivity index (χ4n) is 2.62. The molecule has 1 aromatic carbocycles. The molecule has 0 aliphatic carbocycles. The van der Waals surface area contributed by atoms with E-state index < -0.39 is 5.91 Å². The monoisotopic (exact) mass is 327 g/mol. The van der Waals surface area contributed by atoms with E-state index in [1.165, 1.54) is 0 Å². The molecule has 4 N–H and O–H groups in total. The van der Waals surface area contributed by atoms with Crippen molar-refractivity contribution >= 4 is 23.5 Å². The number of hydrogen-bond donors (Lipinski definition) is 2. The molecule has 7 heteroatoms. The molecule has 0 bridgehead atoms. The number of anilines is 2. The van der Waals surface area contributed by atoms with E-state index in [2.05, 4.69) is 16.9 Å². The normalized spacial score (nSPS) is 15.8. The maximum absolute atomic E-state index is 11.6. The molecular weight excluding hydrogens is 306 g/mol. The molecular formula is C17H21N5O2. The molecule has 1 atom stereocenters. The number of nitrogens with two attached hydrogens (primary N) is 2. The third-order valence-corrected chi connectivity index (χ3v) is 3.68. The van der Waals surface area contributed by atoms with E-state index in [1.54, 1.807) is 42.4 Å². The van der Waals surface area contributed by atoms with Crippen molar-refractivity contribution in [1.82, 2.24) is 9.97 Å². The molecule has 2 amide bonds. The first-order valence-corrected chi connectivity index (χ1v) is 7.61. The minimum Gasteiger partial charge on any atom is -0.368 e. The summed E-state index contributed by atoms with van der Waals surface area (Å²) in [5.41, 5.74) is 12.8. The van der Waals surface area contributed by atoms with E-state index in [0.29, 0.717) is 17.4 Å². The first kappa shape index (κ1) is 17.4. The van der Waals surface area contributed by atoms with Crippen LogP contribution in [0.4, 0.5) is 11.6 Å². The second-order valence-electron chi connectivity index (χ2n) is 5.75. The Hall–Kier alpha value is -2.96. The number of benzene rings is 1. The van der Waals surface area contributed by atoms with Gasteiger partial charge in [-0.1, -0.05) is 6.92 Å². The Morgan fingerprint density at radius 3 is 2.42 bits per heavy atom. The fraction of sp³-hybridized carbons (Fsp3) is 0.294. The Morgan fingerprint density at radius 1 is 1.25 bits per heavy atom.